The molecule has 1 fully saturated rings. The standard InChI is InChI=1S/C15H20FNO2/c1-3-8-15(9-5-10-17-15)14(18)11-6-4-7-12(19-2)13(11)16/h4,6-7,17H,3,5,8-10H2,1-2H3. The number of ether oxygens (including phenoxy) is 1. The fourth-order valence-corrected chi connectivity index (χ4v) is 2.86. The van der Waals surface area contributed by atoms with E-state index < -0.39 is 11.4 Å². The molecule has 4 heteroatoms. The molecule has 1 aliphatic heterocycles. The zero-order chi connectivity index (χ0) is 13.9. The van der Waals surface area contributed by atoms with E-state index in [0.717, 1.165) is 32.2 Å². The maximum atomic E-state index is 14.2. The zero-order valence-corrected chi connectivity index (χ0v) is 11.5. The first-order chi connectivity index (χ1) is 9.14. The molecule has 1 aliphatic rings. The van der Waals surface area contributed by atoms with E-state index in [9.17, 15) is 9.18 Å². The van der Waals surface area contributed by atoms with Crippen molar-refractivity contribution in [3.63, 3.8) is 0 Å². The summed E-state index contributed by atoms with van der Waals surface area (Å²) in [7, 11) is 1.41. The van der Waals surface area contributed by atoms with E-state index in [1.165, 1.54) is 19.2 Å². The molecule has 0 radical (unpaired) electrons. The van der Waals surface area contributed by atoms with Crippen LogP contribution in [0.2, 0.25) is 0 Å². The molecule has 1 heterocycles. The van der Waals surface area contributed by atoms with Gasteiger partial charge in [-0.05, 0) is 37.9 Å². The van der Waals surface area contributed by atoms with Crippen molar-refractivity contribution in [2.24, 2.45) is 0 Å². The van der Waals surface area contributed by atoms with E-state index >= 15 is 0 Å². The smallest absolute Gasteiger partial charge is 0.185 e. The molecule has 104 valence electrons. The van der Waals surface area contributed by atoms with E-state index in [0.29, 0.717) is 0 Å². The lowest BCUT2D eigenvalue weighted by Gasteiger charge is -2.28. The van der Waals surface area contributed by atoms with Crippen molar-refractivity contribution < 1.29 is 13.9 Å². The lowest BCUT2D eigenvalue weighted by atomic mass is 9.83. The highest BCUT2D eigenvalue weighted by molar-refractivity contribution is 6.04. The van der Waals surface area contributed by atoms with Gasteiger partial charge in [0.25, 0.3) is 0 Å². The third kappa shape index (κ3) is 2.50. The molecule has 1 atom stereocenters. The lowest BCUT2D eigenvalue weighted by molar-refractivity contribution is 0.0852. The summed E-state index contributed by atoms with van der Waals surface area (Å²) in [5.41, 5.74) is -0.468. The highest BCUT2D eigenvalue weighted by Crippen LogP contribution is 2.31. The molecule has 0 aliphatic carbocycles. The number of Topliss-reactive ketones (excluding diaryl/α,β-unsaturated/α-hetero) is 1. The molecule has 3 nitrogen and oxygen atoms in total. The first-order valence-corrected chi connectivity index (χ1v) is 6.77. The van der Waals surface area contributed by atoms with Crippen LogP contribution in [0.4, 0.5) is 4.39 Å². The van der Waals surface area contributed by atoms with Crippen LogP contribution in [0.5, 0.6) is 5.75 Å². The van der Waals surface area contributed by atoms with Crippen molar-refractivity contribution in [1.82, 2.24) is 5.32 Å². The van der Waals surface area contributed by atoms with Gasteiger partial charge in [-0.15, -0.1) is 0 Å². The topological polar surface area (TPSA) is 38.3 Å². The Kier molecular flexibility index (Phi) is 4.20. The quantitative estimate of drug-likeness (QED) is 0.832. The Morgan fingerprint density at radius 3 is 2.89 bits per heavy atom. The van der Waals surface area contributed by atoms with Gasteiger partial charge in [-0.25, -0.2) is 4.39 Å². The van der Waals surface area contributed by atoms with Gasteiger partial charge >= 0.3 is 0 Å². The van der Waals surface area contributed by atoms with Gasteiger partial charge in [0.05, 0.1) is 18.2 Å². The van der Waals surface area contributed by atoms with Crippen LogP contribution in [0, 0.1) is 5.82 Å². The number of rotatable bonds is 5. The number of nitrogens with one attached hydrogen (secondary N) is 1. The first-order valence-electron chi connectivity index (χ1n) is 6.77. The second kappa shape index (κ2) is 5.70. The number of hydrogen-bond acceptors (Lipinski definition) is 3. The van der Waals surface area contributed by atoms with Crippen molar-refractivity contribution in [1.29, 1.82) is 0 Å². The Balaban J connectivity index is 2.37. The minimum atomic E-state index is -0.595. The van der Waals surface area contributed by atoms with E-state index in [1.807, 2.05) is 6.92 Å². The Hall–Kier alpha value is -1.42. The first kappa shape index (κ1) is 14.0. The summed E-state index contributed by atoms with van der Waals surface area (Å²) in [6.07, 6.45) is 3.36. The summed E-state index contributed by atoms with van der Waals surface area (Å²) >= 11 is 0. The highest BCUT2D eigenvalue weighted by Gasteiger charge is 2.41. The predicted molar refractivity (Wildman–Crippen MR) is 72.2 cm³/mol. The second-order valence-corrected chi connectivity index (χ2v) is 5.01. The Morgan fingerprint density at radius 1 is 1.53 bits per heavy atom. The average Bonchev–Trinajstić information content (AvgIpc) is 2.88. The van der Waals surface area contributed by atoms with E-state index in [2.05, 4.69) is 5.32 Å². The molecule has 0 amide bonds. The number of methoxy groups -OCH3 is 1. The minimum Gasteiger partial charge on any atom is -0.494 e. The zero-order valence-electron chi connectivity index (χ0n) is 11.5. The Labute approximate surface area is 113 Å². The van der Waals surface area contributed by atoms with Crippen LogP contribution >= 0.6 is 0 Å². The van der Waals surface area contributed by atoms with Gasteiger partial charge in [0.2, 0.25) is 0 Å². The average molecular weight is 265 g/mol. The number of hydrogen-bond donors (Lipinski definition) is 1. The molecular weight excluding hydrogens is 245 g/mol. The highest BCUT2D eigenvalue weighted by atomic mass is 19.1. The number of carbonyl (C=O) groups excluding carboxylic acids is 1. The molecule has 0 aromatic heterocycles. The van der Waals surface area contributed by atoms with Crippen LogP contribution in [0.15, 0.2) is 18.2 Å². The molecule has 1 unspecified atom stereocenters. The molecule has 1 aromatic rings. The summed E-state index contributed by atoms with van der Waals surface area (Å²) in [6, 6.07) is 4.72. The van der Waals surface area contributed by atoms with Crippen molar-refractivity contribution >= 4 is 5.78 Å². The maximum absolute atomic E-state index is 14.2. The van der Waals surface area contributed by atoms with Crippen LogP contribution < -0.4 is 10.1 Å². The third-order valence-corrected chi connectivity index (χ3v) is 3.78. The maximum Gasteiger partial charge on any atom is 0.185 e. The molecular formula is C15H20FNO2. The van der Waals surface area contributed by atoms with Crippen LogP contribution in [-0.4, -0.2) is 25.0 Å². The normalized spacial score (nSPS) is 22.5. The summed E-state index contributed by atoms with van der Waals surface area (Å²) in [5.74, 6) is -0.585. The fraction of sp³-hybridized carbons (Fsp3) is 0.533. The van der Waals surface area contributed by atoms with Crippen LogP contribution in [0.1, 0.15) is 43.0 Å². The van der Waals surface area contributed by atoms with E-state index in [1.54, 1.807) is 6.07 Å². The van der Waals surface area contributed by atoms with Gasteiger partial charge in [0.15, 0.2) is 17.3 Å². The summed E-state index contributed by atoms with van der Waals surface area (Å²) in [4.78, 5) is 12.7. The fourth-order valence-electron chi connectivity index (χ4n) is 2.86. The van der Waals surface area contributed by atoms with Gasteiger partial charge in [0.1, 0.15) is 0 Å². The van der Waals surface area contributed by atoms with Crippen molar-refractivity contribution in [2.45, 2.75) is 38.1 Å². The van der Waals surface area contributed by atoms with Gasteiger partial charge in [-0.3, -0.25) is 4.79 Å². The van der Waals surface area contributed by atoms with E-state index in [4.69, 9.17) is 4.74 Å². The molecule has 0 spiro atoms. The predicted octanol–water partition coefficient (Wildman–Crippen LogP) is 2.94. The van der Waals surface area contributed by atoms with Crippen molar-refractivity contribution in [3.8, 4) is 5.75 Å². The van der Waals surface area contributed by atoms with E-state index in [-0.39, 0.29) is 17.1 Å². The number of ketones is 1. The number of benzene rings is 1. The molecule has 0 bridgehead atoms. The molecule has 0 saturated carbocycles. The minimum absolute atomic E-state index is 0.121. The van der Waals surface area contributed by atoms with Gasteiger partial charge < -0.3 is 10.1 Å². The van der Waals surface area contributed by atoms with Gasteiger partial charge in [-0.1, -0.05) is 19.4 Å². The molecule has 1 saturated heterocycles. The summed E-state index contributed by atoms with van der Waals surface area (Å²) in [5, 5.41) is 3.28. The van der Waals surface area contributed by atoms with Crippen LogP contribution in [0.3, 0.4) is 0 Å². The Bertz CT molecular complexity index is 467. The molecule has 19 heavy (non-hydrogen) atoms. The van der Waals surface area contributed by atoms with Crippen molar-refractivity contribution in [3.05, 3.63) is 29.6 Å². The van der Waals surface area contributed by atoms with Crippen molar-refractivity contribution in [2.75, 3.05) is 13.7 Å². The van der Waals surface area contributed by atoms with Gasteiger partial charge in [-0.2, -0.15) is 0 Å². The largest absolute Gasteiger partial charge is 0.494 e. The summed E-state index contributed by atoms with van der Waals surface area (Å²) < 4.78 is 19.2. The SMILES string of the molecule is CCCC1(C(=O)c2cccc(OC)c2F)CCCN1. The Morgan fingerprint density at radius 2 is 2.32 bits per heavy atom. The molecule has 1 N–H and O–H groups in total. The summed E-state index contributed by atoms with van der Waals surface area (Å²) in [6.45, 7) is 2.86. The second-order valence-electron chi connectivity index (χ2n) is 5.01. The monoisotopic (exact) mass is 265 g/mol. The van der Waals surface area contributed by atoms with Gasteiger partial charge in [0, 0.05) is 0 Å². The third-order valence-electron chi connectivity index (χ3n) is 3.78. The number of halogens is 1. The van der Waals surface area contributed by atoms with Crippen LogP contribution in [0.25, 0.3) is 0 Å². The molecule has 1 aromatic carbocycles. The number of carbonyl (C=O) groups is 1. The molecule has 2 rings (SSSR count). The lowest BCUT2D eigenvalue weighted by Crippen LogP contribution is -2.47. The van der Waals surface area contributed by atoms with Crippen LogP contribution in [-0.2, 0) is 0 Å².